The van der Waals surface area contributed by atoms with E-state index in [1.165, 1.54) is 6.33 Å². The molecule has 1 amide bonds. The molecule has 2 saturated heterocycles. The van der Waals surface area contributed by atoms with E-state index < -0.39 is 5.92 Å². The molecule has 6 rings (SSSR count). The average molecular weight is 569 g/mol. The van der Waals surface area contributed by atoms with E-state index >= 15 is 0 Å². The van der Waals surface area contributed by atoms with E-state index in [-0.39, 0.29) is 36.5 Å². The van der Waals surface area contributed by atoms with Crippen molar-refractivity contribution < 1.29 is 19.1 Å². The van der Waals surface area contributed by atoms with E-state index in [2.05, 4.69) is 21.8 Å². The molecule has 3 fully saturated rings. The van der Waals surface area contributed by atoms with Crippen LogP contribution in [0.15, 0.2) is 42.9 Å². The summed E-state index contributed by atoms with van der Waals surface area (Å²) in [5, 5.41) is 9.87. The van der Waals surface area contributed by atoms with Gasteiger partial charge in [0.15, 0.2) is 6.73 Å². The monoisotopic (exact) mass is 568 g/mol. The highest BCUT2D eigenvalue weighted by atomic mass is 16.5. The van der Waals surface area contributed by atoms with E-state index in [4.69, 9.17) is 10.00 Å². The Morgan fingerprint density at radius 2 is 2.02 bits per heavy atom. The lowest BCUT2D eigenvalue weighted by Crippen LogP contribution is -2.69. The van der Waals surface area contributed by atoms with Gasteiger partial charge < -0.3 is 14.5 Å². The van der Waals surface area contributed by atoms with Crippen molar-refractivity contribution in [1.82, 2.24) is 19.4 Å². The molecule has 3 aromatic rings. The number of ketones is 1. The Labute approximate surface area is 245 Å². The number of carbonyl (C=O) groups is 3. The summed E-state index contributed by atoms with van der Waals surface area (Å²) >= 11 is 0. The lowest BCUT2D eigenvalue weighted by atomic mass is 9.74. The zero-order chi connectivity index (χ0) is 29.4. The van der Waals surface area contributed by atoms with Crippen molar-refractivity contribution in [3.8, 4) is 6.07 Å². The molecule has 1 aromatic carbocycles. The number of amides is 1. The summed E-state index contributed by atoms with van der Waals surface area (Å²) in [6.45, 7) is 6.11. The first-order valence-corrected chi connectivity index (χ1v) is 14.8. The van der Waals surface area contributed by atoms with Crippen LogP contribution in [0.5, 0.6) is 0 Å². The van der Waals surface area contributed by atoms with Crippen molar-refractivity contribution in [2.45, 2.75) is 70.6 Å². The van der Waals surface area contributed by atoms with Crippen LogP contribution in [0.1, 0.15) is 63.0 Å². The Morgan fingerprint density at radius 3 is 2.74 bits per heavy atom. The number of fused-ring (bicyclic) bond motifs is 1. The molecule has 3 aliphatic rings. The second-order valence-corrected chi connectivity index (χ2v) is 12.1. The van der Waals surface area contributed by atoms with Gasteiger partial charge in [0.1, 0.15) is 30.0 Å². The molecule has 4 atom stereocenters. The fraction of sp³-hybridized carbons (Fsp3) is 0.500. The molecular weight excluding hydrogens is 532 g/mol. The number of nitriles is 1. The summed E-state index contributed by atoms with van der Waals surface area (Å²) in [6, 6.07) is 11.8. The first-order valence-electron chi connectivity index (χ1n) is 14.8. The minimum Gasteiger partial charge on any atom is -0.443 e. The molecule has 1 aliphatic carbocycles. The zero-order valence-electron chi connectivity index (χ0n) is 24.2. The number of ether oxygens (including phenoxy) is 1. The highest BCUT2D eigenvalue weighted by Gasteiger charge is 2.56. The lowest BCUT2D eigenvalue weighted by Gasteiger charge is -2.55. The Morgan fingerprint density at radius 1 is 1.21 bits per heavy atom. The maximum absolute atomic E-state index is 13.0. The van der Waals surface area contributed by atoms with Gasteiger partial charge in [-0.05, 0) is 55.7 Å². The van der Waals surface area contributed by atoms with Gasteiger partial charge in [-0.2, -0.15) is 5.26 Å². The van der Waals surface area contributed by atoms with Crippen LogP contribution in [-0.4, -0.2) is 62.3 Å². The first kappa shape index (κ1) is 27.9. The van der Waals surface area contributed by atoms with Gasteiger partial charge in [0.25, 0.3) is 0 Å². The smallest absolute Gasteiger partial charge is 0.314 e. The topological polar surface area (TPSA) is 121 Å². The predicted molar refractivity (Wildman–Crippen MR) is 155 cm³/mol. The fourth-order valence-corrected chi connectivity index (χ4v) is 6.98. The molecule has 10 heteroatoms. The second-order valence-electron chi connectivity index (χ2n) is 12.1. The highest BCUT2D eigenvalue weighted by Crippen LogP contribution is 2.45. The number of nitrogens with zero attached hydrogens (tertiary/aromatic N) is 6. The number of hydrogen-bond donors (Lipinski definition) is 0. The molecule has 0 radical (unpaired) electrons. The standard InChI is InChI=1S/C32H36N6O4/c1-21-17-38(28(40)10-13-33)32(21)12-15-36(18-32)29-26-11-14-37(30(26)35-19-34-29)20-42-31(41)22(2)24-8-6-23(7-9-24)16-25-4-3-5-27(25)39/h6-9,11,14,19,21-22,25H,3-5,10,12,15-18,20H2,1-2H3/t21-,22?,25?,32-/m0/s1. The van der Waals surface area contributed by atoms with Crippen LogP contribution in [-0.2, 0) is 32.3 Å². The summed E-state index contributed by atoms with van der Waals surface area (Å²) < 4.78 is 7.50. The van der Waals surface area contributed by atoms with Gasteiger partial charge in [-0.15, -0.1) is 0 Å². The summed E-state index contributed by atoms with van der Waals surface area (Å²) in [6.07, 6.45) is 7.50. The SMILES string of the molecule is CC(C(=O)OCn1ccc2c(N3CC[C@]4(C3)[C@@H](C)CN4C(=O)CC#N)ncnc21)c1ccc(CC2CCCC2=O)cc1. The van der Waals surface area contributed by atoms with E-state index in [1.807, 2.05) is 54.4 Å². The van der Waals surface area contributed by atoms with Gasteiger partial charge in [0.05, 0.1) is 22.9 Å². The van der Waals surface area contributed by atoms with Crippen LogP contribution >= 0.6 is 0 Å². The number of carbonyl (C=O) groups excluding carboxylic acids is 3. The molecule has 218 valence electrons. The molecule has 42 heavy (non-hydrogen) atoms. The number of likely N-dealkylation sites (tertiary alicyclic amines) is 1. The van der Waals surface area contributed by atoms with Gasteiger partial charge in [-0.3, -0.25) is 19.0 Å². The molecule has 2 aliphatic heterocycles. The Kier molecular flexibility index (Phi) is 7.43. The van der Waals surface area contributed by atoms with Crippen molar-refractivity contribution in [1.29, 1.82) is 5.26 Å². The normalized spacial score (nSPS) is 24.2. The molecule has 1 spiro atoms. The van der Waals surface area contributed by atoms with Crippen molar-refractivity contribution in [3.05, 3.63) is 54.0 Å². The average Bonchev–Trinajstić information content (AvgIpc) is 3.74. The molecule has 2 aromatic heterocycles. The maximum atomic E-state index is 13.0. The van der Waals surface area contributed by atoms with Gasteiger partial charge in [0, 0.05) is 38.2 Å². The van der Waals surface area contributed by atoms with Crippen molar-refractivity contribution in [2.75, 3.05) is 24.5 Å². The van der Waals surface area contributed by atoms with E-state index in [1.54, 1.807) is 4.57 Å². The van der Waals surface area contributed by atoms with Gasteiger partial charge in [-0.25, -0.2) is 9.97 Å². The minimum absolute atomic E-state index is 0.0302. The summed E-state index contributed by atoms with van der Waals surface area (Å²) in [5.74, 6) is 0.759. The maximum Gasteiger partial charge on any atom is 0.314 e. The summed E-state index contributed by atoms with van der Waals surface area (Å²) in [4.78, 5) is 50.6. The highest BCUT2D eigenvalue weighted by molar-refractivity contribution is 5.88. The second kappa shape index (κ2) is 11.2. The molecule has 0 N–H and O–H groups in total. The fourth-order valence-electron chi connectivity index (χ4n) is 6.98. The Balaban J connectivity index is 1.10. The minimum atomic E-state index is -0.434. The molecule has 10 nitrogen and oxygen atoms in total. The quantitative estimate of drug-likeness (QED) is 0.374. The molecule has 4 heterocycles. The van der Waals surface area contributed by atoms with Gasteiger partial charge in [0.2, 0.25) is 5.91 Å². The molecule has 1 saturated carbocycles. The number of hydrogen-bond acceptors (Lipinski definition) is 8. The third kappa shape index (κ3) is 4.91. The number of aromatic nitrogens is 3. The van der Waals surface area contributed by atoms with Crippen molar-refractivity contribution in [3.63, 3.8) is 0 Å². The summed E-state index contributed by atoms with van der Waals surface area (Å²) in [5.41, 5.74) is 2.39. The number of Topliss-reactive ketones (excluding diaryl/α,β-unsaturated/α-hetero) is 1. The molecular formula is C32H36N6O4. The lowest BCUT2D eigenvalue weighted by molar-refractivity contribution is -0.152. The number of rotatable bonds is 8. The third-order valence-electron chi connectivity index (χ3n) is 9.65. The van der Waals surface area contributed by atoms with Gasteiger partial charge >= 0.3 is 5.97 Å². The number of anilines is 1. The number of benzene rings is 1. The summed E-state index contributed by atoms with van der Waals surface area (Å²) in [7, 11) is 0. The van der Waals surface area contributed by atoms with Crippen LogP contribution in [0, 0.1) is 23.2 Å². The van der Waals surface area contributed by atoms with Crippen molar-refractivity contribution in [2.24, 2.45) is 11.8 Å². The van der Waals surface area contributed by atoms with Crippen LogP contribution < -0.4 is 4.90 Å². The van der Waals surface area contributed by atoms with Crippen molar-refractivity contribution >= 4 is 34.5 Å². The largest absolute Gasteiger partial charge is 0.443 e. The molecule has 0 bridgehead atoms. The molecule has 2 unspecified atom stereocenters. The van der Waals surface area contributed by atoms with Crippen LogP contribution in [0.4, 0.5) is 5.82 Å². The Bertz CT molecular complexity index is 1560. The first-order chi connectivity index (χ1) is 20.3. The van der Waals surface area contributed by atoms with Gasteiger partial charge in [-0.1, -0.05) is 31.2 Å². The van der Waals surface area contributed by atoms with Crippen LogP contribution in [0.2, 0.25) is 0 Å². The Hall–Kier alpha value is -4.26. The zero-order valence-corrected chi connectivity index (χ0v) is 24.2. The van der Waals surface area contributed by atoms with E-state index in [0.29, 0.717) is 36.9 Å². The number of esters is 1. The third-order valence-corrected chi connectivity index (χ3v) is 9.65. The van der Waals surface area contributed by atoms with Crippen LogP contribution in [0.25, 0.3) is 11.0 Å². The van der Waals surface area contributed by atoms with E-state index in [9.17, 15) is 14.4 Å². The van der Waals surface area contributed by atoms with Crippen LogP contribution in [0.3, 0.4) is 0 Å². The predicted octanol–water partition coefficient (Wildman–Crippen LogP) is 3.99. The van der Waals surface area contributed by atoms with E-state index in [0.717, 1.165) is 54.6 Å².